The van der Waals surface area contributed by atoms with E-state index in [0.717, 1.165) is 31.5 Å². The van der Waals surface area contributed by atoms with Crippen LogP contribution in [0.3, 0.4) is 0 Å². The van der Waals surface area contributed by atoms with Crippen LogP contribution in [0.25, 0.3) is 0 Å². The summed E-state index contributed by atoms with van der Waals surface area (Å²) in [5, 5.41) is 17.1. The van der Waals surface area contributed by atoms with Gasteiger partial charge in [-0.3, -0.25) is 0 Å². The van der Waals surface area contributed by atoms with Gasteiger partial charge in [-0.05, 0) is 71.7 Å². The first-order valence-corrected chi connectivity index (χ1v) is 10.1. The molecule has 2 heterocycles. The summed E-state index contributed by atoms with van der Waals surface area (Å²) in [4.78, 5) is 7.13. The summed E-state index contributed by atoms with van der Waals surface area (Å²) >= 11 is 0. The molecular formula is C20H36N4O2. The van der Waals surface area contributed by atoms with Gasteiger partial charge in [-0.2, -0.15) is 0 Å². The summed E-state index contributed by atoms with van der Waals surface area (Å²) in [6, 6.07) is 4.29. The van der Waals surface area contributed by atoms with Gasteiger partial charge in [0.2, 0.25) is 0 Å². The molecule has 2 rings (SSSR count). The molecule has 148 valence electrons. The highest BCUT2D eigenvalue weighted by Crippen LogP contribution is 2.21. The van der Waals surface area contributed by atoms with Gasteiger partial charge in [-0.15, -0.1) is 0 Å². The lowest BCUT2D eigenvalue weighted by Crippen LogP contribution is -2.40. The van der Waals surface area contributed by atoms with Crippen LogP contribution in [0.15, 0.2) is 27.8 Å². The molecule has 6 heteroatoms. The first kappa shape index (κ1) is 20.8. The Morgan fingerprint density at radius 1 is 1.38 bits per heavy atom. The van der Waals surface area contributed by atoms with Crippen LogP contribution in [0.5, 0.6) is 0 Å². The Balaban J connectivity index is 1.71. The number of hydrogen-bond donors (Lipinski definition) is 3. The molecule has 2 unspecified atom stereocenters. The third-order valence-electron chi connectivity index (χ3n) is 5.05. The van der Waals surface area contributed by atoms with Gasteiger partial charge in [-0.1, -0.05) is 6.42 Å². The summed E-state index contributed by atoms with van der Waals surface area (Å²) < 4.78 is 5.31. The fourth-order valence-electron chi connectivity index (χ4n) is 3.37. The van der Waals surface area contributed by atoms with Crippen molar-refractivity contribution in [1.82, 2.24) is 15.5 Å². The number of aliphatic hydroxyl groups is 1. The molecule has 1 fully saturated rings. The van der Waals surface area contributed by atoms with E-state index in [9.17, 15) is 5.11 Å². The molecule has 0 saturated carbocycles. The third kappa shape index (κ3) is 6.65. The van der Waals surface area contributed by atoms with Crippen LogP contribution >= 0.6 is 0 Å². The molecule has 6 nitrogen and oxygen atoms in total. The van der Waals surface area contributed by atoms with Crippen LogP contribution in [0.4, 0.5) is 0 Å². The lowest BCUT2D eigenvalue weighted by molar-refractivity contribution is 0.0437. The molecule has 2 atom stereocenters. The minimum absolute atomic E-state index is 0.251. The van der Waals surface area contributed by atoms with Crippen LogP contribution < -0.4 is 10.6 Å². The van der Waals surface area contributed by atoms with E-state index in [1.54, 1.807) is 25.3 Å². The largest absolute Gasteiger partial charge is 0.466 e. The quantitative estimate of drug-likeness (QED) is 0.357. The minimum Gasteiger partial charge on any atom is -0.466 e. The Hall–Kier alpha value is -1.53. The molecule has 1 aliphatic heterocycles. The Kier molecular flexibility index (Phi) is 8.45. The van der Waals surface area contributed by atoms with Crippen molar-refractivity contribution in [2.45, 2.75) is 64.5 Å². The van der Waals surface area contributed by atoms with Crippen LogP contribution in [-0.2, 0) is 5.60 Å². The second-order valence-electron chi connectivity index (χ2n) is 7.46. The first-order chi connectivity index (χ1) is 12.5. The molecule has 1 saturated heterocycles. The maximum Gasteiger partial charge on any atom is 0.191 e. The number of hydrogen-bond acceptors (Lipinski definition) is 4. The number of rotatable bonds is 9. The van der Waals surface area contributed by atoms with Gasteiger partial charge < -0.3 is 25.1 Å². The summed E-state index contributed by atoms with van der Waals surface area (Å²) in [7, 11) is 0. The van der Waals surface area contributed by atoms with Crippen molar-refractivity contribution in [3.63, 3.8) is 0 Å². The molecule has 0 aliphatic carbocycles. The van der Waals surface area contributed by atoms with Gasteiger partial charge >= 0.3 is 0 Å². The van der Waals surface area contributed by atoms with Crippen LogP contribution in [0, 0.1) is 0 Å². The fraction of sp³-hybridized carbons (Fsp3) is 0.750. The molecule has 0 aromatic carbocycles. The fourth-order valence-corrected chi connectivity index (χ4v) is 3.37. The number of unbranched alkanes of at least 4 members (excludes halogenated alkanes) is 1. The van der Waals surface area contributed by atoms with Crippen molar-refractivity contribution >= 4 is 5.96 Å². The van der Waals surface area contributed by atoms with E-state index in [0.29, 0.717) is 5.76 Å². The third-order valence-corrected chi connectivity index (χ3v) is 5.05. The summed E-state index contributed by atoms with van der Waals surface area (Å²) in [5.41, 5.74) is -1.10. The number of furan rings is 1. The van der Waals surface area contributed by atoms with E-state index in [2.05, 4.69) is 27.4 Å². The van der Waals surface area contributed by atoms with Crippen molar-refractivity contribution in [3.8, 4) is 0 Å². The predicted octanol–water partition coefficient (Wildman–Crippen LogP) is 2.70. The molecule has 1 aliphatic rings. The zero-order chi connectivity index (χ0) is 18.8. The maximum absolute atomic E-state index is 10.5. The molecule has 26 heavy (non-hydrogen) atoms. The average molecular weight is 365 g/mol. The highest BCUT2D eigenvalue weighted by atomic mass is 16.4. The maximum atomic E-state index is 10.5. The lowest BCUT2D eigenvalue weighted by Gasteiger charge is -2.33. The van der Waals surface area contributed by atoms with E-state index < -0.39 is 5.60 Å². The molecule has 0 amide bonds. The van der Waals surface area contributed by atoms with Crippen LogP contribution in [0.1, 0.15) is 58.6 Å². The Labute approximate surface area is 158 Å². The highest BCUT2D eigenvalue weighted by molar-refractivity contribution is 5.79. The smallest absolute Gasteiger partial charge is 0.191 e. The normalized spacial score (nSPS) is 21.4. The predicted molar refractivity (Wildman–Crippen MR) is 106 cm³/mol. The zero-order valence-electron chi connectivity index (χ0n) is 16.6. The van der Waals surface area contributed by atoms with Gasteiger partial charge in [0.05, 0.1) is 12.8 Å². The Bertz CT molecular complexity index is 528. The minimum atomic E-state index is -1.10. The summed E-state index contributed by atoms with van der Waals surface area (Å²) in [6.45, 7) is 10.5. The molecular weight excluding hydrogens is 328 g/mol. The lowest BCUT2D eigenvalue weighted by atomic mass is 10.0. The molecule has 0 bridgehead atoms. The van der Waals surface area contributed by atoms with E-state index in [-0.39, 0.29) is 6.54 Å². The van der Waals surface area contributed by atoms with Gasteiger partial charge in [0.15, 0.2) is 5.96 Å². The van der Waals surface area contributed by atoms with Gasteiger partial charge in [0.1, 0.15) is 11.4 Å². The standard InChI is InChI=1S/C20H36N4O2/c1-4-21-19(23-16-20(3,25)18-11-9-15-26-18)22-12-6-8-14-24-13-7-5-10-17(24)2/h9,11,15,17,25H,4-8,10,12-14,16H2,1-3H3,(H2,21,22,23). The van der Waals surface area contributed by atoms with Crippen molar-refractivity contribution in [2.75, 3.05) is 32.7 Å². The monoisotopic (exact) mass is 364 g/mol. The second-order valence-corrected chi connectivity index (χ2v) is 7.46. The zero-order valence-corrected chi connectivity index (χ0v) is 16.6. The van der Waals surface area contributed by atoms with Crippen LogP contribution in [-0.4, -0.2) is 54.7 Å². The number of nitrogens with zero attached hydrogens (tertiary/aromatic N) is 2. The summed E-state index contributed by atoms with van der Waals surface area (Å²) in [6.07, 6.45) is 7.94. The van der Waals surface area contributed by atoms with Crippen molar-refractivity contribution < 1.29 is 9.52 Å². The van der Waals surface area contributed by atoms with Gasteiger partial charge in [0, 0.05) is 19.1 Å². The number of aliphatic imine (C=N–C) groups is 1. The van der Waals surface area contributed by atoms with E-state index in [1.165, 1.54) is 38.8 Å². The first-order valence-electron chi connectivity index (χ1n) is 10.1. The van der Waals surface area contributed by atoms with Crippen molar-refractivity contribution in [3.05, 3.63) is 24.2 Å². The van der Waals surface area contributed by atoms with Gasteiger partial charge in [0.25, 0.3) is 0 Å². The summed E-state index contributed by atoms with van der Waals surface area (Å²) in [5.74, 6) is 1.28. The van der Waals surface area contributed by atoms with Crippen molar-refractivity contribution in [1.29, 1.82) is 0 Å². The number of piperidine rings is 1. The highest BCUT2D eigenvalue weighted by Gasteiger charge is 2.26. The Morgan fingerprint density at radius 3 is 2.92 bits per heavy atom. The SMILES string of the molecule is CCNC(=NCC(C)(O)c1ccco1)NCCCCN1CCCCC1C. The van der Waals surface area contributed by atoms with Crippen LogP contribution in [0.2, 0.25) is 0 Å². The number of likely N-dealkylation sites (tertiary alicyclic amines) is 1. The number of nitrogens with one attached hydrogen (secondary N) is 2. The number of guanidine groups is 1. The van der Waals surface area contributed by atoms with E-state index >= 15 is 0 Å². The van der Waals surface area contributed by atoms with Crippen molar-refractivity contribution in [2.24, 2.45) is 4.99 Å². The molecule has 1 aromatic heterocycles. The Morgan fingerprint density at radius 2 is 2.23 bits per heavy atom. The second kappa shape index (κ2) is 10.6. The van der Waals surface area contributed by atoms with E-state index in [4.69, 9.17) is 4.42 Å². The molecule has 3 N–H and O–H groups in total. The molecule has 1 aromatic rings. The average Bonchev–Trinajstić information content (AvgIpc) is 3.16. The van der Waals surface area contributed by atoms with E-state index in [1.807, 2.05) is 6.92 Å². The molecule has 0 radical (unpaired) electrons. The molecule has 0 spiro atoms. The van der Waals surface area contributed by atoms with Gasteiger partial charge in [-0.25, -0.2) is 4.99 Å². The topological polar surface area (TPSA) is 73.0 Å².